The van der Waals surface area contributed by atoms with Crippen LogP contribution in [0.2, 0.25) is 0 Å². The summed E-state index contributed by atoms with van der Waals surface area (Å²) in [7, 11) is 0. The quantitative estimate of drug-likeness (QED) is 0.563. The van der Waals surface area contributed by atoms with Gasteiger partial charge in [0.15, 0.2) is 5.17 Å². The fourth-order valence-electron chi connectivity index (χ4n) is 2.05. The molecule has 1 fully saturated rings. The molecule has 1 aromatic carbocycles. The number of ether oxygens (including phenoxy) is 1. The molecule has 0 aromatic heterocycles. The number of nitrogens with zero attached hydrogens (tertiary/aromatic N) is 2. The zero-order chi connectivity index (χ0) is 14.8. The van der Waals surface area contributed by atoms with Crippen molar-refractivity contribution in [2.75, 3.05) is 26.3 Å². The molecule has 5 nitrogen and oxygen atoms in total. The first-order valence-corrected chi connectivity index (χ1v) is 8.37. The number of thioether (sulfide) groups is 1. The van der Waals surface area contributed by atoms with E-state index in [1.807, 2.05) is 12.1 Å². The van der Waals surface area contributed by atoms with E-state index in [1.165, 1.54) is 11.8 Å². The highest BCUT2D eigenvalue weighted by atomic mass is 127. The molecule has 2 heterocycles. The number of aromatic hydroxyl groups is 1. The van der Waals surface area contributed by atoms with Crippen LogP contribution in [0, 0.1) is 3.57 Å². The van der Waals surface area contributed by atoms with Crippen molar-refractivity contribution in [3.63, 3.8) is 0 Å². The Morgan fingerprint density at radius 1 is 1.38 bits per heavy atom. The molecule has 0 saturated carbocycles. The van der Waals surface area contributed by atoms with Gasteiger partial charge in [0.1, 0.15) is 5.75 Å². The number of hydrogen-bond acceptors (Lipinski definition) is 5. The fraction of sp³-hybridized carbons (Fsp3) is 0.286. The SMILES string of the molecule is O=C1N=C(N2CCOCC2)S/C1=C/c1ccc(O)c(I)c1. The van der Waals surface area contributed by atoms with E-state index in [9.17, 15) is 9.90 Å². The molecule has 0 aliphatic carbocycles. The number of benzene rings is 1. The summed E-state index contributed by atoms with van der Waals surface area (Å²) < 4.78 is 6.06. The van der Waals surface area contributed by atoms with Crippen molar-refractivity contribution >= 4 is 51.5 Å². The van der Waals surface area contributed by atoms with E-state index in [-0.39, 0.29) is 11.7 Å². The first-order valence-electron chi connectivity index (χ1n) is 6.47. The second kappa shape index (κ2) is 6.37. The summed E-state index contributed by atoms with van der Waals surface area (Å²) in [4.78, 5) is 18.8. The number of aliphatic imine (C=N–C) groups is 1. The number of halogens is 1. The van der Waals surface area contributed by atoms with Crippen LogP contribution in [-0.2, 0) is 9.53 Å². The zero-order valence-electron chi connectivity index (χ0n) is 11.1. The van der Waals surface area contributed by atoms with Crippen molar-refractivity contribution in [1.82, 2.24) is 4.90 Å². The highest BCUT2D eigenvalue weighted by Crippen LogP contribution is 2.31. The smallest absolute Gasteiger partial charge is 0.286 e. The van der Waals surface area contributed by atoms with Crippen LogP contribution in [0.25, 0.3) is 6.08 Å². The predicted octanol–water partition coefficient (Wildman–Crippen LogP) is 2.30. The molecule has 1 amide bonds. The molecule has 2 aliphatic rings. The molecule has 110 valence electrons. The van der Waals surface area contributed by atoms with Gasteiger partial charge >= 0.3 is 0 Å². The van der Waals surface area contributed by atoms with Gasteiger partial charge in [0.25, 0.3) is 5.91 Å². The molecule has 0 spiro atoms. The summed E-state index contributed by atoms with van der Waals surface area (Å²) in [5.74, 6) is 0.0398. The molecule has 0 unspecified atom stereocenters. The maximum Gasteiger partial charge on any atom is 0.286 e. The minimum Gasteiger partial charge on any atom is -0.507 e. The van der Waals surface area contributed by atoms with E-state index >= 15 is 0 Å². The third-order valence-electron chi connectivity index (χ3n) is 3.16. The van der Waals surface area contributed by atoms with E-state index in [2.05, 4.69) is 32.5 Å². The van der Waals surface area contributed by atoms with Crippen molar-refractivity contribution in [3.8, 4) is 5.75 Å². The molecule has 7 heteroatoms. The van der Waals surface area contributed by atoms with Gasteiger partial charge in [0, 0.05) is 13.1 Å². The van der Waals surface area contributed by atoms with E-state index in [1.54, 1.807) is 12.1 Å². The Balaban J connectivity index is 1.77. The Kier molecular flexibility index (Phi) is 4.51. The Labute approximate surface area is 140 Å². The molecule has 0 atom stereocenters. The van der Waals surface area contributed by atoms with Crippen LogP contribution in [0.4, 0.5) is 0 Å². The number of amidine groups is 1. The number of carbonyl (C=O) groups is 1. The first-order chi connectivity index (χ1) is 10.1. The maximum absolute atomic E-state index is 12.0. The summed E-state index contributed by atoms with van der Waals surface area (Å²) in [5.41, 5.74) is 0.881. The molecule has 3 rings (SSSR count). The van der Waals surface area contributed by atoms with Crippen LogP contribution < -0.4 is 0 Å². The van der Waals surface area contributed by atoms with Gasteiger partial charge in [-0.05, 0) is 58.1 Å². The molecular weight excluding hydrogens is 403 g/mol. The summed E-state index contributed by atoms with van der Waals surface area (Å²) >= 11 is 3.46. The van der Waals surface area contributed by atoms with E-state index in [0.29, 0.717) is 18.1 Å². The number of phenolic OH excluding ortho intramolecular Hbond substituents is 1. The number of rotatable bonds is 1. The van der Waals surface area contributed by atoms with Gasteiger partial charge < -0.3 is 14.7 Å². The Morgan fingerprint density at radius 2 is 2.14 bits per heavy atom. The van der Waals surface area contributed by atoms with Gasteiger partial charge in [-0.3, -0.25) is 4.79 Å². The normalized spacial score (nSPS) is 21.0. The van der Waals surface area contributed by atoms with Gasteiger partial charge in [-0.15, -0.1) is 0 Å². The summed E-state index contributed by atoms with van der Waals surface area (Å²) in [6.07, 6.45) is 1.81. The van der Waals surface area contributed by atoms with Gasteiger partial charge in [-0.1, -0.05) is 6.07 Å². The lowest BCUT2D eigenvalue weighted by Gasteiger charge is -2.27. The Hall–Kier alpha value is -1.06. The van der Waals surface area contributed by atoms with E-state index in [4.69, 9.17) is 4.74 Å². The van der Waals surface area contributed by atoms with Crippen molar-refractivity contribution in [2.24, 2.45) is 4.99 Å². The van der Waals surface area contributed by atoms with Gasteiger partial charge in [0.05, 0.1) is 21.7 Å². The number of carbonyl (C=O) groups excluding carboxylic acids is 1. The zero-order valence-corrected chi connectivity index (χ0v) is 14.1. The monoisotopic (exact) mass is 416 g/mol. The van der Waals surface area contributed by atoms with Gasteiger partial charge in [-0.25, -0.2) is 0 Å². The number of amides is 1. The third-order valence-corrected chi connectivity index (χ3v) is 5.07. The van der Waals surface area contributed by atoms with Crippen molar-refractivity contribution < 1.29 is 14.6 Å². The molecule has 0 radical (unpaired) electrons. The maximum atomic E-state index is 12.0. The minimum atomic E-state index is -0.204. The van der Waals surface area contributed by atoms with Crippen LogP contribution in [0.5, 0.6) is 5.75 Å². The number of phenols is 1. The summed E-state index contributed by atoms with van der Waals surface area (Å²) in [5, 5.41) is 10.3. The standard InChI is InChI=1S/C14H13IN2O3S/c15-10-7-9(1-2-11(10)18)8-12-13(19)16-14(21-12)17-3-5-20-6-4-17/h1-2,7-8,18H,3-6H2/b12-8+. The summed E-state index contributed by atoms with van der Waals surface area (Å²) in [6, 6.07) is 5.25. The Morgan fingerprint density at radius 3 is 2.86 bits per heavy atom. The van der Waals surface area contributed by atoms with Crippen LogP contribution in [0.15, 0.2) is 28.1 Å². The predicted molar refractivity (Wildman–Crippen MR) is 91.2 cm³/mol. The van der Waals surface area contributed by atoms with Crippen molar-refractivity contribution in [1.29, 1.82) is 0 Å². The van der Waals surface area contributed by atoms with Crippen LogP contribution >= 0.6 is 34.4 Å². The molecule has 21 heavy (non-hydrogen) atoms. The lowest BCUT2D eigenvalue weighted by Crippen LogP contribution is -2.38. The molecule has 1 N–H and O–H groups in total. The highest BCUT2D eigenvalue weighted by molar-refractivity contribution is 14.1. The molecule has 1 saturated heterocycles. The largest absolute Gasteiger partial charge is 0.507 e. The van der Waals surface area contributed by atoms with Crippen LogP contribution in [0.3, 0.4) is 0 Å². The van der Waals surface area contributed by atoms with Crippen molar-refractivity contribution in [2.45, 2.75) is 0 Å². The highest BCUT2D eigenvalue weighted by Gasteiger charge is 2.27. The topological polar surface area (TPSA) is 62.1 Å². The van der Waals surface area contributed by atoms with E-state index < -0.39 is 0 Å². The first kappa shape index (κ1) is 14.9. The average Bonchev–Trinajstić information content (AvgIpc) is 2.85. The molecular formula is C14H13IN2O3S. The number of hydrogen-bond donors (Lipinski definition) is 1. The van der Waals surface area contributed by atoms with Gasteiger partial charge in [-0.2, -0.15) is 4.99 Å². The van der Waals surface area contributed by atoms with E-state index in [0.717, 1.165) is 27.4 Å². The van der Waals surface area contributed by atoms with Crippen molar-refractivity contribution in [3.05, 3.63) is 32.2 Å². The lowest BCUT2D eigenvalue weighted by molar-refractivity contribution is -0.113. The second-order valence-electron chi connectivity index (χ2n) is 4.62. The second-order valence-corrected chi connectivity index (χ2v) is 6.79. The molecule has 0 bridgehead atoms. The van der Waals surface area contributed by atoms with Gasteiger partial charge in [0.2, 0.25) is 0 Å². The van der Waals surface area contributed by atoms with Crippen LogP contribution in [-0.4, -0.2) is 47.4 Å². The fourth-order valence-corrected chi connectivity index (χ4v) is 3.56. The minimum absolute atomic E-state index is 0.204. The average molecular weight is 416 g/mol. The molecule has 2 aliphatic heterocycles. The lowest BCUT2D eigenvalue weighted by atomic mass is 10.2. The molecule has 1 aromatic rings. The Bertz CT molecular complexity index is 639. The summed E-state index contributed by atoms with van der Waals surface area (Å²) in [6.45, 7) is 2.87. The third kappa shape index (κ3) is 3.41. The number of morpholine rings is 1. The van der Waals surface area contributed by atoms with Crippen LogP contribution in [0.1, 0.15) is 5.56 Å².